The molecule has 0 radical (unpaired) electrons. The molecular formula is C25H33N5. The zero-order valence-electron chi connectivity index (χ0n) is 17.6. The van der Waals surface area contributed by atoms with Gasteiger partial charge in [-0.2, -0.15) is 0 Å². The van der Waals surface area contributed by atoms with E-state index in [1.54, 1.807) is 0 Å². The van der Waals surface area contributed by atoms with E-state index in [0.29, 0.717) is 6.54 Å². The summed E-state index contributed by atoms with van der Waals surface area (Å²) >= 11 is 0. The van der Waals surface area contributed by atoms with Gasteiger partial charge in [-0.05, 0) is 37.9 Å². The molecule has 4 aromatic carbocycles. The van der Waals surface area contributed by atoms with Gasteiger partial charge in [-0.1, -0.05) is 54.6 Å². The molecule has 0 unspecified atom stereocenters. The Hall–Kier alpha value is -2.28. The molecule has 6 N–H and O–H groups in total. The van der Waals surface area contributed by atoms with Crippen LogP contribution in [0.2, 0.25) is 0 Å². The summed E-state index contributed by atoms with van der Waals surface area (Å²) in [5.74, 6) is 0. The van der Waals surface area contributed by atoms with Crippen molar-refractivity contribution in [2.24, 2.45) is 5.73 Å². The Kier molecular flexibility index (Phi) is 7.45. The second-order valence-electron chi connectivity index (χ2n) is 7.80. The maximum Gasteiger partial charge on any atom is 0.0212 e. The molecule has 0 aliphatic carbocycles. The molecule has 0 spiro atoms. The number of hydrogen-bond acceptors (Lipinski definition) is 5. The molecule has 0 aliphatic rings. The van der Waals surface area contributed by atoms with Gasteiger partial charge in [-0.3, -0.25) is 0 Å². The van der Waals surface area contributed by atoms with Crippen molar-refractivity contribution < 1.29 is 0 Å². The van der Waals surface area contributed by atoms with E-state index in [1.807, 2.05) is 0 Å². The topological polar surface area (TPSA) is 74.1 Å². The van der Waals surface area contributed by atoms with Crippen LogP contribution in [0.4, 0.5) is 0 Å². The molecule has 0 aliphatic heterocycles. The van der Waals surface area contributed by atoms with Crippen molar-refractivity contribution in [2.75, 3.05) is 52.4 Å². The molecule has 5 nitrogen and oxygen atoms in total. The lowest BCUT2D eigenvalue weighted by molar-refractivity contribution is 0.568. The first-order valence-corrected chi connectivity index (χ1v) is 11.1. The van der Waals surface area contributed by atoms with Gasteiger partial charge in [0.05, 0.1) is 0 Å². The molecule has 0 saturated carbocycles. The fourth-order valence-electron chi connectivity index (χ4n) is 4.18. The minimum atomic E-state index is 0.698. The smallest absolute Gasteiger partial charge is 0.0212 e. The highest BCUT2D eigenvalue weighted by Gasteiger charge is 2.10. The Balaban J connectivity index is 1.25. The van der Waals surface area contributed by atoms with Gasteiger partial charge in [0, 0.05) is 58.9 Å². The van der Waals surface area contributed by atoms with Crippen molar-refractivity contribution in [3.8, 4) is 0 Å². The van der Waals surface area contributed by atoms with Gasteiger partial charge in [0.15, 0.2) is 0 Å². The lowest BCUT2D eigenvalue weighted by Crippen LogP contribution is -2.35. The number of nitrogens with two attached hydrogens (primary N) is 1. The molecule has 0 saturated heterocycles. The van der Waals surface area contributed by atoms with Crippen molar-refractivity contribution in [3.05, 3.63) is 60.2 Å². The minimum absolute atomic E-state index is 0.698. The molecule has 5 heteroatoms. The fraction of sp³-hybridized carbons (Fsp3) is 0.360. The van der Waals surface area contributed by atoms with Crippen LogP contribution in [0.1, 0.15) is 5.56 Å². The lowest BCUT2D eigenvalue weighted by Gasteiger charge is -2.14. The zero-order chi connectivity index (χ0) is 20.6. The van der Waals surface area contributed by atoms with E-state index in [2.05, 4.69) is 75.9 Å². The van der Waals surface area contributed by atoms with E-state index in [-0.39, 0.29) is 0 Å². The SMILES string of the molecule is NCCNCCNCCNCCNCc1ccc2ccc3cccc4ccc1c2c34. The molecular weight excluding hydrogens is 370 g/mol. The average molecular weight is 404 g/mol. The summed E-state index contributed by atoms with van der Waals surface area (Å²) < 4.78 is 0. The third-order valence-corrected chi connectivity index (χ3v) is 5.69. The lowest BCUT2D eigenvalue weighted by atomic mass is 9.92. The van der Waals surface area contributed by atoms with Crippen molar-refractivity contribution in [3.63, 3.8) is 0 Å². The highest BCUT2D eigenvalue weighted by Crippen LogP contribution is 2.35. The van der Waals surface area contributed by atoms with Gasteiger partial charge in [-0.25, -0.2) is 0 Å². The van der Waals surface area contributed by atoms with Crippen LogP contribution in [0.5, 0.6) is 0 Å². The standard InChI is InChI=1S/C25H33N5/c26-10-11-27-12-13-28-14-15-29-16-17-30-18-22-7-6-21-5-4-19-2-1-3-20-8-9-23(22)25(21)24(19)20/h1-9,27-30H,10-18,26H2. The summed E-state index contributed by atoms with van der Waals surface area (Å²) in [6.07, 6.45) is 0. The van der Waals surface area contributed by atoms with Crippen LogP contribution in [0.25, 0.3) is 32.3 Å². The molecule has 0 heterocycles. The van der Waals surface area contributed by atoms with E-state index in [4.69, 9.17) is 5.73 Å². The maximum absolute atomic E-state index is 5.45. The van der Waals surface area contributed by atoms with Crippen molar-refractivity contribution in [2.45, 2.75) is 6.54 Å². The van der Waals surface area contributed by atoms with Crippen LogP contribution in [-0.4, -0.2) is 52.4 Å². The third-order valence-electron chi connectivity index (χ3n) is 5.69. The monoisotopic (exact) mass is 403 g/mol. The van der Waals surface area contributed by atoms with E-state index < -0.39 is 0 Å². The number of nitrogens with one attached hydrogen (secondary N) is 4. The molecule has 158 valence electrons. The van der Waals surface area contributed by atoms with Gasteiger partial charge in [-0.15, -0.1) is 0 Å². The van der Waals surface area contributed by atoms with Crippen molar-refractivity contribution in [1.29, 1.82) is 0 Å². The Bertz CT molecular complexity index is 1050. The van der Waals surface area contributed by atoms with E-state index >= 15 is 0 Å². The molecule has 30 heavy (non-hydrogen) atoms. The normalized spacial score (nSPS) is 11.9. The molecule has 0 atom stereocenters. The van der Waals surface area contributed by atoms with E-state index in [0.717, 1.165) is 52.4 Å². The van der Waals surface area contributed by atoms with Crippen LogP contribution < -0.4 is 27.0 Å². The average Bonchev–Trinajstić information content (AvgIpc) is 2.79. The molecule has 0 amide bonds. The number of hydrogen-bond donors (Lipinski definition) is 5. The maximum atomic E-state index is 5.45. The first kappa shape index (κ1) is 21.0. The number of benzene rings is 4. The quantitative estimate of drug-likeness (QED) is 0.175. The molecule has 4 rings (SSSR count). The molecule has 4 aromatic rings. The largest absolute Gasteiger partial charge is 0.329 e. The summed E-state index contributed by atoms with van der Waals surface area (Å²) in [5.41, 5.74) is 6.82. The van der Waals surface area contributed by atoms with Crippen molar-refractivity contribution >= 4 is 32.3 Å². The highest BCUT2D eigenvalue weighted by atomic mass is 15.0. The Morgan fingerprint density at radius 1 is 0.533 bits per heavy atom. The summed E-state index contributed by atoms with van der Waals surface area (Å²) in [6.45, 7) is 8.32. The molecule has 0 fully saturated rings. The van der Waals surface area contributed by atoms with Crippen LogP contribution in [0.15, 0.2) is 54.6 Å². The predicted molar refractivity (Wildman–Crippen MR) is 130 cm³/mol. The first-order valence-electron chi connectivity index (χ1n) is 11.1. The minimum Gasteiger partial charge on any atom is -0.329 e. The number of rotatable bonds is 13. The van der Waals surface area contributed by atoms with E-state index in [1.165, 1.54) is 37.9 Å². The Labute approximate surface area is 178 Å². The van der Waals surface area contributed by atoms with Gasteiger partial charge in [0.25, 0.3) is 0 Å². The Morgan fingerprint density at radius 2 is 1.07 bits per heavy atom. The molecule has 0 aromatic heterocycles. The van der Waals surface area contributed by atoms with Crippen LogP contribution >= 0.6 is 0 Å². The zero-order valence-corrected chi connectivity index (χ0v) is 17.6. The van der Waals surface area contributed by atoms with Crippen molar-refractivity contribution in [1.82, 2.24) is 21.3 Å². The van der Waals surface area contributed by atoms with Crippen LogP contribution in [0.3, 0.4) is 0 Å². The fourth-order valence-corrected chi connectivity index (χ4v) is 4.18. The summed E-state index contributed by atoms with van der Waals surface area (Å²) in [7, 11) is 0. The molecule has 0 bridgehead atoms. The second-order valence-corrected chi connectivity index (χ2v) is 7.80. The summed E-state index contributed by atoms with van der Waals surface area (Å²) in [4.78, 5) is 0. The third kappa shape index (κ3) is 4.89. The Morgan fingerprint density at radius 3 is 1.73 bits per heavy atom. The predicted octanol–water partition coefficient (Wildman–Crippen LogP) is 2.40. The van der Waals surface area contributed by atoms with Gasteiger partial charge >= 0.3 is 0 Å². The van der Waals surface area contributed by atoms with Gasteiger partial charge in [0.2, 0.25) is 0 Å². The first-order chi connectivity index (χ1) is 14.9. The van der Waals surface area contributed by atoms with Gasteiger partial charge < -0.3 is 27.0 Å². The van der Waals surface area contributed by atoms with Crippen LogP contribution in [-0.2, 0) is 6.54 Å². The second kappa shape index (κ2) is 10.7. The summed E-state index contributed by atoms with van der Waals surface area (Å²) in [5, 5.41) is 21.9. The van der Waals surface area contributed by atoms with Crippen LogP contribution in [0, 0.1) is 0 Å². The van der Waals surface area contributed by atoms with Gasteiger partial charge in [0.1, 0.15) is 0 Å². The van der Waals surface area contributed by atoms with E-state index in [9.17, 15) is 0 Å². The summed E-state index contributed by atoms with van der Waals surface area (Å²) in [6, 6.07) is 20.1. The highest BCUT2D eigenvalue weighted by molar-refractivity contribution is 6.23.